The molecule has 2 atom stereocenters. The first-order valence-electron chi connectivity index (χ1n) is 7.28. The van der Waals surface area contributed by atoms with Crippen molar-refractivity contribution < 1.29 is 4.74 Å². The van der Waals surface area contributed by atoms with E-state index in [-0.39, 0.29) is 0 Å². The van der Waals surface area contributed by atoms with E-state index in [1.54, 1.807) is 0 Å². The van der Waals surface area contributed by atoms with E-state index < -0.39 is 0 Å². The van der Waals surface area contributed by atoms with Gasteiger partial charge in [-0.05, 0) is 51.8 Å². The molecule has 0 aromatic carbocycles. The maximum atomic E-state index is 6.06. The van der Waals surface area contributed by atoms with E-state index in [0.29, 0.717) is 18.7 Å². The molecule has 1 aliphatic heterocycles. The van der Waals surface area contributed by atoms with Crippen LogP contribution < -0.4 is 5.73 Å². The quantitative estimate of drug-likeness (QED) is 0.902. The first kappa shape index (κ1) is 15.0. The zero-order chi connectivity index (χ0) is 13.8. The first-order chi connectivity index (χ1) is 9.15. The van der Waals surface area contributed by atoms with Crippen molar-refractivity contribution in [2.24, 2.45) is 5.73 Å². The van der Waals surface area contributed by atoms with Gasteiger partial charge in [-0.25, -0.2) is 0 Å². The van der Waals surface area contributed by atoms with Crippen LogP contribution in [0.2, 0.25) is 0 Å². The molecule has 0 aliphatic carbocycles. The highest BCUT2D eigenvalue weighted by atomic mass is 32.1. The number of aryl methyl sites for hydroxylation is 2. The molecule has 4 heteroatoms. The molecule has 19 heavy (non-hydrogen) atoms. The number of ether oxygens (including phenoxy) is 1. The van der Waals surface area contributed by atoms with Gasteiger partial charge in [0.2, 0.25) is 0 Å². The Morgan fingerprint density at radius 2 is 2.32 bits per heavy atom. The summed E-state index contributed by atoms with van der Waals surface area (Å²) in [4.78, 5) is 5.30. The van der Waals surface area contributed by atoms with Crippen molar-refractivity contribution in [3.8, 4) is 0 Å². The third-order valence-corrected chi connectivity index (χ3v) is 4.90. The fraction of sp³-hybridized carbons (Fsp3) is 0.733. The van der Waals surface area contributed by atoms with E-state index in [1.807, 2.05) is 11.3 Å². The van der Waals surface area contributed by atoms with Gasteiger partial charge in [-0.2, -0.15) is 0 Å². The predicted molar refractivity (Wildman–Crippen MR) is 81.8 cm³/mol. The van der Waals surface area contributed by atoms with Crippen molar-refractivity contribution in [3.05, 3.63) is 21.4 Å². The van der Waals surface area contributed by atoms with E-state index in [2.05, 4.69) is 31.7 Å². The summed E-state index contributed by atoms with van der Waals surface area (Å²) in [5.74, 6) is 0. The average Bonchev–Trinajstić information content (AvgIpc) is 2.71. The van der Waals surface area contributed by atoms with E-state index >= 15 is 0 Å². The smallest absolute Gasteiger partial charge is 0.0702 e. The number of nitrogens with two attached hydrogens (primary N) is 1. The molecule has 1 saturated heterocycles. The maximum absolute atomic E-state index is 6.06. The van der Waals surface area contributed by atoms with Crippen LogP contribution in [0.15, 0.2) is 6.07 Å². The summed E-state index contributed by atoms with van der Waals surface area (Å²) in [7, 11) is 0. The minimum atomic E-state index is 0.355. The summed E-state index contributed by atoms with van der Waals surface area (Å²) >= 11 is 1.87. The van der Waals surface area contributed by atoms with Crippen LogP contribution in [0, 0.1) is 13.8 Å². The molecule has 2 rings (SSSR count). The molecular formula is C15H26N2OS. The zero-order valence-electron chi connectivity index (χ0n) is 12.3. The lowest BCUT2D eigenvalue weighted by Gasteiger charge is -2.37. The lowest BCUT2D eigenvalue weighted by atomic mass is 10.0. The molecule has 0 bridgehead atoms. The van der Waals surface area contributed by atoms with Crippen molar-refractivity contribution in [3.63, 3.8) is 0 Å². The Kier molecular flexibility index (Phi) is 5.39. The highest BCUT2D eigenvalue weighted by Crippen LogP contribution is 2.31. The van der Waals surface area contributed by atoms with E-state index in [9.17, 15) is 0 Å². The second kappa shape index (κ2) is 6.84. The monoisotopic (exact) mass is 282 g/mol. The Morgan fingerprint density at radius 3 is 2.89 bits per heavy atom. The number of nitrogens with zero attached hydrogens (tertiary/aromatic N) is 1. The molecule has 3 nitrogen and oxygen atoms in total. The van der Waals surface area contributed by atoms with E-state index in [4.69, 9.17) is 10.5 Å². The molecule has 108 valence electrons. The van der Waals surface area contributed by atoms with Crippen molar-refractivity contribution in [2.45, 2.75) is 45.8 Å². The number of piperidine rings is 1. The summed E-state index contributed by atoms with van der Waals surface area (Å²) in [5.41, 5.74) is 7.47. The number of thiophene rings is 1. The van der Waals surface area contributed by atoms with Gasteiger partial charge in [0.25, 0.3) is 0 Å². The molecular weight excluding hydrogens is 256 g/mol. The van der Waals surface area contributed by atoms with Crippen LogP contribution in [0.5, 0.6) is 0 Å². The van der Waals surface area contributed by atoms with Crippen molar-refractivity contribution in [1.29, 1.82) is 0 Å². The number of hydrogen-bond donors (Lipinski definition) is 1. The SMILES string of the molecule is CCOC1CCCN(C(CN)c2cc(C)sc2C)C1. The number of likely N-dealkylation sites (tertiary alicyclic amines) is 1. The molecule has 1 fully saturated rings. The molecule has 0 radical (unpaired) electrons. The van der Waals surface area contributed by atoms with Gasteiger partial charge < -0.3 is 10.5 Å². The van der Waals surface area contributed by atoms with Gasteiger partial charge in [0.05, 0.1) is 6.10 Å². The van der Waals surface area contributed by atoms with Crippen molar-refractivity contribution in [1.82, 2.24) is 4.90 Å². The number of rotatable bonds is 5. The van der Waals surface area contributed by atoms with Gasteiger partial charge in [-0.3, -0.25) is 4.90 Å². The largest absolute Gasteiger partial charge is 0.377 e. The summed E-state index contributed by atoms with van der Waals surface area (Å²) in [6, 6.07) is 2.66. The normalized spacial score (nSPS) is 22.6. The molecule has 0 amide bonds. The number of hydrogen-bond acceptors (Lipinski definition) is 4. The topological polar surface area (TPSA) is 38.5 Å². The fourth-order valence-corrected chi connectivity index (χ4v) is 4.06. The summed E-state index contributed by atoms with van der Waals surface area (Å²) in [6.07, 6.45) is 2.78. The van der Waals surface area contributed by atoms with E-state index in [0.717, 1.165) is 19.7 Å². The molecule has 1 aromatic heterocycles. The second-order valence-corrected chi connectivity index (χ2v) is 6.80. The highest BCUT2D eigenvalue weighted by Gasteiger charge is 2.27. The Labute approximate surface area is 120 Å². The molecule has 2 N–H and O–H groups in total. The van der Waals surface area contributed by atoms with E-state index in [1.165, 1.54) is 28.2 Å². The lowest BCUT2D eigenvalue weighted by molar-refractivity contribution is -0.00661. The molecule has 0 saturated carbocycles. The van der Waals surface area contributed by atoms with Crippen LogP contribution in [0.4, 0.5) is 0 Å². The Morgan fingerprint density at radius 1 is 1.53 bits per heavy atom. The van der Waals surface area contributed by atoms with Gasteiger partial charge in [0, 0.05) is 35.5 Å². The van der Waals surface area contributed by atoms with Gasteiger partial charge in [-0.15, -0.1) is 11.3 Å². The lowest BCUT2D eigenvalue weighted by Crippen LogP contribution is -2.44. The first-order valence-corrected chi connectivity index (χ1v) is 8.10. The van der Waals surface area contributed by atoms with Crippen LogP contribution in [-0.4, -0.2) is 37.2 Å². The minimum Gasteiger partial charge on any atom is -0.377 e. The average molecular weight is 282 g/mol. The summed E-state index contributed by atoms with van der Waals surface area (Å²) < 4.78 is 5.80. The minimum absolute atomic E-state index is 0.355. The van der Waals surface area contributed by atoms with Gasteiger partial charge in [0.1, 0.15) is 0 Å². The Bertz CT molecular complexity index is 403. The zero-order valence-corrected chi connectivity index (χ0v) is 13.1. The standard InChI is InChI=1S/C15H26N2OS/c1-4-18-13-6-5-7-17(10-13)15(9-16)14-8-11(2)19-12(14)3/h8,13,15H,4-7,9-10,16H2,1-3H3. The second-order valence-electron chi connectivity index (χ2n) is 5.33. The molecule has 2 unspecified atom stereocenters. The summed E-state index contributed by atoms with van der Waals surface area (Å²) in [6.45, 7) is 10.1. The molecule has 1 aromatic rings. The molecule has 1 aliphatic rings. The highest BCUT2D eigenvalue weighted by molar-refractivity contribution is 7.12. The van der Waals surface area contributed by atoms with Gasteiger partial charge in [0.15, 0.2) is 0 Å². The van der Waals surface area contributed by atoms with Crippen molar-refractivity contribution >= 4 is 11.3 Å². The Balaban J connectivity index is 2.10. The summed E-state index contributed by atoms with van der Waals surface area (Å²) in [5, 5.41) is 0. The van der Waals surface area contributed by atoms with Crippen LogP contribution in [-0.2, 0) is 4.74 Å². The van der Waals surface area contributed by atoms with Crippen molar-refractivity contribution in [2.75, 3.05) is 26.2 Å². The predicted octanol–water partition coefficient (Wildman–Crippen LogP) is 2.87. The molecule has 2 heterocycles. The van der Waals surface area contributed by atoms with Crippen LogP contribution in [0.3, 0.4) is 0 Å². The van der Waals surface area contributed by atoms with Crippen LogP contribution >= 0.6 is 11.3 Å². The molecule has 0 spiro atoms. The van der Waals surface area contributed by atoms with Gasteiger partial charge >= 0.3 is 0 Å². The fourth-order valence-electron chi connectivity index (χ4n) is 3.08. The van der Waals surface area contributed by atoms with Gasteiger partial charge in [-0.1, -0.05) is 0 Å². The Hall–Kier alpha value is -0.420. The maximum Gasteiger partial charge on any atom is 0.0702 e. The third kappa shape index (κ3) is 3.57. The van der Waals surface area contributed by atoms with Crippen LogP contribution in [0.1, 0.15) is 41.1 Å². The third-order valence-electron chi connectivity index (χ3n) is 3.91. The van der Waals surface area contributed by atoms with Crippen LogP contribution in [0.25, 0.3) is 0 Å².